The molecule has 41 heavy (non-hydrogen) atoms. The Labute approximate surface area is 250 Å². The Bertz CT molecular complexity index is 1400. The Morgan fingerprint density at radius 2 is 1.88 bits per heavy atom. The summed E-state index contributed by atoms with van der Waals surface area (Å²) in [7, 11) is 0. The number of carbonyl (C=O) groups is 1. The number of nitrogens with one attached hydrogen (secondary N) is 2. The Hall–Kier alpha value is -2.94. The van der Waals surface area contributed by atoms with Crippen LogP contribution in [0.1, 0.15) is 73.5 Å². The number of halogens is 1. The van der Waals surface area contributed by atoms with Crippen LogP contribution in [-0.2, 0) is 13.0 Å². The van der Waals surface area contributed by atoms with Crippen molar-refractivity contribution < 1.29 is 14.6 Å². The summed E-state index contributed by atoms with van der Waals surface area (Å²) < 4.78 is 9.10. The van der Waals surface area contributed by atoms with Gasteiger partial charge in [0.15, 0.2) is 0 Å². The van der Waals surface area contributed by atoms with Crippen LogP contribution in [-0.4, -0.2) is 39.9 Å². The van der Waals surface area contributed by atoms with Gasteiger partial charge in [-0.15, -0.1) is 0 Å². The molecule has 1 amide bonds. The average molecular weight is 623 g/mol. The summed E-state index contributed by atoms with van der Waals surface area (Å²) in [5.41, 5.74) is 2.20. The molecule has 0 saturated heterocycles. The highest BCUT2D eigenvalue weighted by Crippen LogP contribution is 2.47. The van der Waals surface area contributed by atoms with Crippen LogP contribution in [0.15, 0.2) is 76.1 Å². The van der Waals surface area contributed by atoms with Crippen molar-refractivity contribution in [2.75, 3.05) is 6.54 Å². The Morgan fingerprint density at radius 3 is 2.61 bits per heavy atom. The topological polar surface area (TPSA) is 92.6 Å². The summed E-state index contributed by atoms with van der Waals surface area (Å²) >= 11 is 3.60. The zero-order valence-corrected chi connectivity index (χ0v) is 25.4. The van der Waals surface area contributed by atoms with Gasteiger partial charge in [0.25, 0.3) is 11.5 Å². The maximum atomic E-state index is 13.4. The number of aliphatic hydroxyl groups is 1. The highest BCUT2D eigenvalue weighted by Gasteiger charge is 2.43. The van der Waals surface area contributed by atoms with E-state index < -0.39 is 12.1 Å². The van der Waals surface area contributed by atoms with E-state index in [-0.39, 0.29) is 29.0 Å². The van der Waals surface area contributed by atoms with Gasteiger partial charge in [0.1, 0.15) is 11.4 Å². The number of amides is 1. The van der Waals surface area contributed by atoms with Crippen molar-refractivity contribution in [3.05, 3.63) is 98.4 Å². The minimum Gasteiger partial charge on any atom is -0.487 e. The molecule has 0 bridgehead atoms. The van der Waals surface area contributed by atoms with Gasteiger partial charge in [0.05, 0.1) is 17.7 Å². The first-order valence-electron chi connectivity index (χ1n) is 14.7. The normalized spacial score (nSPS) is 19.0. The van der Waals surface area contributed by atoms with Gasteiger partial charge in [-0.1, -0.05) is 60.1 Å². The van der Waals surface area contributed by atoms with Gasteiger partial charge < -0.3 is 25.0 Å². The molecule has 1 fully saturated rings. The lowest BCUT2D eigenvalue weighted by Crippen LogP contribution is -2.50. The molecule has 0 radical (unpaired) electrons. The molecule has 1 aliphatic carbocycles. The number of aliphatic hydroxyl groups excluding tert-OH is 1. The average Bonchev–Trinajstić information content (AvgIpc) is 3.40. The van der Waals surface area contributed by atoms with Gasteiger partial charge in [0.2, 0.25) is 0 Å². The molecule has 1 saturated carbocycles. The van der Waals surface area contributed by atoms with Gasteiger partial charge in [0, 0.05) is 47.9 Å². The van der Waals surface area contributed by atoms with Crippen LogP contribution in [0.5, 0.6) is 5.75 Å². The van der Waals surface area contributed by atoms with Crippen molar-refractivity contribution >= 4 is 21.8 Å². The van der Waals surface area contributed by atoms with Crippen molar-refractivity contribution in [1.82, 2.24) is 15.2 Å². The molecule has 3 atom stereocenters. The Morgan fingerprint density at radius 1 is 1.12 bits per heavy atom. The third kappa shape index (κ3) is 7.29. The van der Waals surface area contributed by atoms with E-state index in [1.807, 2.05) is 56.3 Å². The maximum Gasteiger partial charge on any atom is 0.253 e. The first-order chi connectivity index (χ1) is 19.7. The van der Waals surface area contributed by atoms with Gasteiger partial charge in [-0.05, 0) is 67.9 Å². The first kappa shape index (κ1) is 29.5. The molecule has 0 unspecified atom stereocenters. The number of rotatable bonds is 10. The summed E-state index contributed by atoms with van der Waals surface area (Å²) in [4.78, 5) is 25.7. The number of pyridine rings is 1. The van der Waals surface area contributed by atoms with Crippen LogP contribution in [0, 0.1) is 5.92 Å². The van der Waals surface area contributed by atoms with Crippen molar-refractivity contribution in [3.63, 3.8) is 0 Å². The summed E-state index contributed by atoms with van der Waals surface area (Å²) in [5, 5.41) is 18.2. The minimum atomic E-state index is -0.848. The summed E-state index contributed by atoms with van der Waals surface area (Å²) in [5.74, 6) is 0.857. The molecule has 2 aromatic carbocycles. The van der Waals surface area contributed by atoms with E-state index in [4.69, 9.17) is 4.74 Å². The fourth-order valence-electron chi connectivity index (χ4n) is 6.16. The van der Waals surface area contributed by atoms with Crippen LogP contribution >= 0.6 is 15.9 Å². The van der Waals surface area contributed by atoms with E-state index in [0.29, 0.717) is 25.1 Å². The van der Waals surface area contributed by atoms with Crippen molar-refractivity contribution in [1.29, 1.82) is 0 Å². The molecule has 1 aliphatic heterocycles. The number of fused-ring (bicyclic) bond motifs is 1. The molecule has 7 nitrogen and oxygen atoms in total. The second kappa shape index (κ2) is 12.9. The van der Waals surface area contributed by atoms with Gasteiger partial charge >= 0.3 is 0 Å². The van der Waals surface area contributed by atoms with E-state index >= 15 is 0 Å². The minimum absolute atomic E-state index is 0.0247. The molecular weight excluding hydrogens is 582 g/mol. The van der Waals surface area contributed by atoms with Crippen LogP contribution in [0.4, 0.5) is 0 Å². The number of hydrogen-bond acceptors (Lipinski definition) is 5. The highest BCUT2D eigenvalue weighted by molar-refractivity contribution is 9.10. The van der Waals surface area contributed by atoms with Gasteiger partial charge in [-0.3, -0.25) is 9.59 Å². The van der Waals surface area contributed by atoms with Crippen LogP contribution in [0.2, 0.25) is 0 Å². The molecule has 218 valence electrons. The Kier molecular flexibility index (Phi) is 9.32. The van der Waals surface area contributed by atoms with Gasteiger partial charge in [-0.2, -0.15) is 0 Å². The quantitative estimate of drug-likeness (QED) is 0.282. The lowest BCUT2D eigenvalue weighted by Gasteiger charge is -2.41. The summed E-state index contributed by atoms with van der Waals surface area (Å²) in [6.45, 7) is 4.90. The Balaban J connectivity index is 1.34. The standard InChI is InChI=1S/C33H40BrN3O4/c1-22(2)20-37-21-24(10-13-31(37)39)32(40)36-27(16-23-8-4-3-5-9-23)29(38)19-35-28-18-33(14-6-7-15-33)41-30-12-11-25(34)17-26(28)30/h3-5,8-13,17,21-22,27-29,35,38H,6-7,14-16,18-20H2,1-2H3,(H,36,40)/t27-,28-,29+/m0/s1. The van der Waals surface area contributed by atoms with Crippen molar-refractivity contribution in [3.8, 4) is 5.75 Å². The van der Waals surface area contributed by atoms with Crippen molar-refractivity contribution in [2.45, 2.75) is 82.7 Å². The SMILES string of the molecule is CC(C)Cn1cc(C(=O)N[C@@H](Cc2ccccc2)[C@H](O)CN[C@H]2CC3(CCCC3)Oc3ccc(Br)cc32)ccc1=O. The second-order valence-corrected chi connectivity index (χ2v) is 12.9. The summed E-state index contributed by atoms with van der Waals surface area (Å²) in [6.07, 6.45) is 6.48. The van der Waals surface area contributed by atoms with Gasteiger partial charge in [-0.25, -0.2) is 0 Å². The summed E-state index contributed by atoms with van der Waals surface area (Å²) in [6, 6.07) is 18.5. The molecule has 1 spiro atoms. The van der Waals surface area contributed by atoms with E-state index in [1.165, 1.54) is 6.07 Å². The predicted molar refractivity (Wildman–Crippen MR) is 164 cm³/mol. The van der Waals surface area contributed by atoms with E-state index in [0.717, 1.165) is 53.5 Å². The maximum absolute atomic E-state index is 13.4. The largest absolute Gasteiger partial charge is 0.487 e. The number of aromatic nitrogens is 1. The van der Waals surface area contributed by atoms with Crippen molar-refractivity contribution in [2.24, 2.45) is 5.92 Å². The number of hydrogen-bond donors (Lipinski definition) is 3. The van der Waals surface area contributed by atoms with Crippen LogP contribution in [0.3, 0.4) is 0 Å². The molecule has 3 N–H and O–H groups in total. The molecule has 8 heteroatoms. The first-order valence-corrected chi connectivity index (χ1v) is 15.5. The molecular formula is C33H40BrN3O4. The lowest BCUT2D eigenvalue weighted by atomic mass is 9.85. The molecule has 2 heterocycles. The van der Waals surface area contributed by atoms with Crippen LogP contribution in [0.25, 0.3) is 0 Å². The smallest absolute Gasteiger partial charge is 0.253 e. The number of nitrogens with zero attached hydrogens (tertiary/aromatic N) is 1. The van der Waals surface area contributed by atoms with E-state index in [9.17, 15) is 14.7 Å². The molecule has 3 aromatic rings. The number of benzene rings is 2. The highest BCUT2D eigenvalue weighted by atomic mass is 79.9. The molecule has 2 aliphatic rings. The third-order valence-electron chi connectivity index (χ3n) is 8.22. The lowest BCUT2D eigenvalue weighted by molar-refractivity contribution is 0.0326. The zero-order chi connectivity index (χ0) is 29.0. The second-order valence-electron chi connectivity index (χ2n) is 12.0. The molecule has 5 rings (SSSR count). The molecule has 1 aromatic heterocycles. The fraction of sp³-hybridized carbons (Fsp3) is 0.455. The zero-order valence-electron chi connectivity index (χ0n) is 23.8. The predicted octanol–water partition coefficient (Wildman–Crippen LogP) is 5.40. The number of ether oxygens (including phenoxy) is 1. The monoisotopic (exact) mass is 621 g/mol. The van der Waals surface area contributed by atoms with Crippen LogP contribution < -0.4 is 20.9 Å². The fourth-order valence-corrected chi connectivity index (χ4v) is 6.54. The number of carbonyl (C=O) groups excluding carboxylic acids is 1. The van der Waals surface area contributed by atoms with E-state index in [2.05, 4.69) is 32.6 Å². The third-order valence-corrected chi connectivity index (χ3v) is 8.72. The van der Waals surface area contributed by atoms with E-state index in [1.54, 1.807) is 16.8 Å².